The van der Waals surface area contributed by atoms with Crippen LogP contribution in [-0.2, 0) is 0 Å². The number of nitrogens with one attached hydrogen (secondary N) is 1. The number of halogens is 2. The average molecular weight is 399 g/mol. The van der Waals surface area contributed by atoms with E-state index in [1.807, 2.05) is 37.4 Å². The van der Waals surface area contributed by atoms with Gasteiger partial charge in [0.2, 0.25) is 0 Å². The summed E-state index contributed by atoms with van der Waals surface area (Å²) in [5.41, 5.74) is 1.10. The topological polar surface area (TPSA) is 50.8 Å². The van der Waals surface area contributed by atoms with Crippen LogP contribution in [0.4, 0.5) is 4.79 Å². The Bertz CT molecular complexity index is 693. The second-order valence-corrected chi connectivity index (χ2v) is 6.20. The molecule has 1 N–H and O–H groups in total. The highest BCUT2D eigenvalue weighted by Gasteiger charge is 2.11. The summed E-state index contributed by atoms with van der Waals surface area (Å²) in [5, 5.41) is 3.93. The summed E-state index contributed by atoms with van der Waals surface area (Å²) in [6.45, 7) is 0.559. The maximum Gasteiger partial charge on any atom is 0.414 e. The fourth-order valence-electron chi connectivity index (χ4n) is 2.29. The van der Waals surface area contributed by atoms with Gasteiger partial charge < -0.3 is 19.7 Å². The Balaban J connectivity index is 0.00000338. The molecule has 0 aliphatic rings. The highest BCUT2D eigenvalue weighted by molar-refractivity contribution is 6.30. The largest absolute Gasteiger partial charge is 0.493 e. The lowest BCUT2D eigenvalue weighted by molar-refractivity contribution is 0.172. The van der Waals surface area contributed by atoms with Crippen LogP contribution < -0.4 is 14.8 Å². The van der Waals surface area contributed by atoms with Crippen LogP contribution in [0.1, 0.15) is 18.0 Å². The van der Waals surface area contributed by atoms with Crippen molar-refractivity contribution in [1.29, 1.82) is 0 Å². The quantitative estimate of drug-likeness (QED) is 0.742. The predicted octanol–water partition coefficient (Wildman–Crippen LogP) is 4.55. The zero-order chi connectivity index (χ0) is 18.2. The molecule has 142 valence electrons. The van der Waals surface area contributed by atoms with E-state index < -0.39 is 6.09 Å². The lowest BCUT2D eigenvalue weighted by Gasteiger charge is -2.18. The maximum absolute atomic E-state index is 11.6. The third-order valence-corrected chi connectivity index (χ3v) is 3.91. The zero-order valence-corrected chi connectivity index (χ0v) is 16.6. The highest BCUT2D eigenvalue weighted by Crippen LogP contribution is 2.22. The monoisotopic (exact) mass is 398 g/mol. The van der Waals surface area contributed by atoms with Crippen molar-refractivity contribution in [1.82, 2.24) is 10.2 Å². The van der Waals surface area contributed by atoms with Gasteiger partial charge >= 0.3 is 6.09 Å². The Labute approximate surface area is 165 Å². The minimum atomic E-state index is -0.396. The van der Waals surface area contributed by atoms with Crippen LogP contribution in [0.15, 0.2) is 48.5 Å². The Morgan fingerprint density at radius 3 is 2.42 bits per heavy atom. The molecule has 0 fully saturated rings. The van der Waals surface area contributed by atoms with Gasteiger partial charge in [-0.1, -0.05) is 29.8 Å². The van der Waals surface area contributed by atoms with Crippen molar-refractivity contribution in [2.45, 2.75) is 12.5 Å². The smallest absolute Gasteiger partial charge is 0.414 e. The molecular weight excluding hydrogens is 375 g/mol. The number of carbonyl (C=O) groups is 1. The summed E-state index contributed by atoms with van der Waals surface area (Å²) in [7, 11) is 5.20. The molecule has 2 aromatic rings. The first-order valence-corrected chi connectivity index (χ1v) is 8.42. The first kappa shape index (κ1) is 22.1. The van der Waals surface area contributed by atoms with E-state index in [0.29, 0.717) is 17.4 Å². The van der Waals surface area contributed by atoms with Crippen molar-refractivity contribution in [2.75, 3.05) is 27.7 Å². The van der Waals surface area contributed by atoms with Crippen molar-refractivity contribution in [2.24, 2.45) is 0 Å². The molecule has 0 saturated heterocycles. The standard InChI is InChI=1S/C19H23ClN2O3.ClH/c1-21-18(11-12-24-17-6-4-5-15(20)13-17)14-7-9-16(10-8-14)25-19(23)22(2)3;/h4-10,13,18,21H,11-12H2,1-3H3;1H. The molecule has 0 aromatic heterocycles. The van der Waals surface area contributed by atoms with Crippen LogP contribution in [0.5, 0.6) is 11.5 Å². The van der Waals surface area contributed by atoms with Crippen molar-refractivity contribution in [3.05, 3.63) is 59.1 Å². The van der Waals surface area contributed by atoms with E-state index in [2.05, 4.69) is 5.32 Å². The lowest BCUT2D eigenvalue weighted by atomic mass is 10.0. The molecular formula is C19H24Cl2N2O3. The van der Waals surface area contributed by atoms with Crippen molar-refractivity contribution in [3.8, 4) is 11.5 Å². The van der Waals surface area contributed by atoms with E-state index in [-0.39, 0.29) is 18.4 Å². The Kier molecular flexibility index (Phi) is 9.27. The van der Waals surface area contributed by atoms with Gasteiger partial charge in [-0.25, -0.2) is 4.79 Å². The Morgan fingerprint density at radius 1 is 1.15 bits per heavy atom. The average Bonchev–Trinajstić information content (AvgIpc) is 2.59. The van der Waals surface area contributed by atoms with Crippen molar-refractivity contribution < 1.29 is 14.3 Å². The van der Waals surface area contributed by atoms with E-state index >= 15 is 0 Å². The van der Waals surface area contributed by atoms with Gasteiger partial charge in [0.05, 0.1) is 6.61 Å². The van der Waals surface area contributed by atoms with Gasteiger partial charge in [-0.2, -0.15) is 0 Å². The first-order valence-electron chi connectivity index (χ1n) is 8.04. The number of nitrogens with zero attached hydrogens (tertiary/aromatic N) is 1. The Hall–Kier alpha value is -1.95. The molecule has 0 radical (unpaired) electrons. The van der Waals surface area contributed by atoms with E-state index in [1.165, 1.54) is 4.90 Å². The number of hydrogen-bond donors (Lipinski definition) is 1. The first-order chi connectivity index (χ1) is 12.0. The number of hydrogen-bond acceptors (Lipinski definition) is 4. The third kappa shape index (κ3) is 6.75. The van der Waals surface area contributed by atoms with Crippen LogP contribution >= 0.6 is 24.0 Å². The summed E-state index contributed by atoms with van der Waals surface area (Å²) >= 11 is 5.95. The summed E-state index contributed by atoms with van der Waals surface area (Å²) in [4.78, 5) is 12.9. The Morgan fingerprint density at radius 2 is 1.85 bits per heavy atom. The van der Waals surface area contributed by atoms with Gasteiger partial charge in [-0.3, -0.25) is 0 Å². The van der Waals surface area contributed by atoms with Gasteiger partial charge in [0.25, 0.3) is 0 Å². The maximum atomic E-state index is 11.6. The van der Waals surface area contributed by atoms with E-state index in [0.717, 1.165) is 17.7 Å². The molecule has 0 bridgehead atoms. The molecule has 5 nitrogen and oxygen atoms in total. The second-order valence-electron chi connectivity index (χ2n) is 5.77. The molecule has 0 aliphatic heterocycles. The van der Waals surface area contributed by atoms with Crippen molar-refractivity contribution in [3.63, 3.8) is 0 Å². The van der Waals surface area contributed by atoms with Gasteiger partial charge in [-0.05, 0) is 42.9 Å². The minimum Gasteiger partial charge on any atom is -0.493 e. The van der Waals surface area contributed by atoms with Crippen LogP contribution in [0, 0.1) is 0 Å². The van der Waals surface area contributed by atoms with Gasteiger partial charge in [0.15, 0.2) is 0 Å². The number of amides is 1. The second kappa shape index (κ2) is 10.9. The third-order valence-electron chi connectivity index (χ3n) is 3.67. The highest BCUT2D eigenvalue weighted by atomic mass is 35.5. The van der Waals surface area contributed by atoms with Crippen LogP contribution in [-0.4, -0.2) is 38.7 Å². The molecule has 2 aromatic carbocycles. The number of carbonyl (C=O) groups excluding carboxylic acids is 1. The minimum absolute atomic E-state index is 0. The molecule has 1 atom stereocenters. The molecule has 1 unspecified atom stereocenters. The fraction of sp³-hybridized carbons (Fsp3) is 0.316. The van der Waals surface area contributed by atoms with Gasteiger partial charge in [0.1, 0.15) is 11.5 Å². The van der Waals surface area contributed by atoms with Crippen LogP contribution in [0.3, 0.4) is 0 Å². The molecule has 0 saturated carbocycles. The summed E-state index contributed by atoms with van der Waals surface area (Å²) in [6.07, 6.45) is 0.396. The van der Waals surface area contributed by atoms with Crippen LogP contribution in [0.2, 0.25) is 5.02 Å². The number of benzene rings is 2. The summed E-state index contributed by atoms with van der Waals surface area (Å²) in [5.74, 6) is 1.28. The molecule has 0 aliphatic carbocycles. The SMILES string of the molecule is CNC(CCOc1cccc(Cl)c1)c1ccc(OC(=O)N(C)C)cc1.Cl. The van der Waals surface area contributed by atoms with Gasteiger partial charge in [0, 0.05) is 31.6 Å². The molecule has 0 heterocycles. The molecule has 0 spiro atoms. The molecule has 1 amide bonds. The zero-order valence-electron chi connectivity index (χ0n) is 15.1. The normalized spacial score (nSPS) is 11.2. The molecule has 2 rings (SSSR count). The predicted molar refractivity (Wildman–Crippen MR) is 107 cm³/mol. The number of ether oxygens (including phenoxy) is 2. The fourth-order valence-corrected chi connectivity index (χ4v) is 2.47. The molecule has 7 heteroatoms. The van der Waals surface area contributed by atoms with Crippen LogP contribution in [0.25, 0.3) is 0 Å². The van der Waals surface area contributed by atoms with E-state index in [9.17, 15) is 4.79 Å². The number of rotatable bonds is 7. The lowest BCUT2D eigenvalue weighted by Crippen LogP contribution is -2.25. The summed E-state index contributed by atoms with van der Waals surface area (Å²) in [6, 6.07) is 15.0. The van der Waals surface area contributed by atoms with Gasteiger partial charge in [-0.15, -0.1) is 12.4 Å². The summed E-state index contributed by atoms with van der Waals surface area (Å²) < 4.78 is 11.0. The molecule has 26 heavy (non-hydrogen) atoms. The van der Waals surface area contributed by atoms with E-state index in [1.54, 1.807) is 32.3 Å². The van der Waals surface area contributed by atoms with E-state index in [4.69, 9.17) is 21.1 Å². The van der Waals surface area contributed by atoms with Crippen molar-refractivity contribution >= 4 is 30.1 Å².